The van der Waals surface area contributed by atoms with E-state index in [1.54, 1.807) is 0 Å². The van der Waals surface area contributed by atoms with Crippen LogP contribution in [-0.4, -0.2) is 11.7 Å². The molecule has 0 heterocycles. The Bertz CT molecular complexity index is 230. The Kier molecular flexibility index (Phi) is 2.35. The Labute approximate surface area is 78.8 Å². The Morgan fingerprint density at radius 2 is 2.08 bits per heavy atom. The van der Waals surface area contributed by atoms with Gasteiger partial charge in [0.15, 0.2) is 5.78 Å². The van der Waals surface area contributed by atoms with Gasteiger partial charge in [-0.25, -0.2) is 0 Å². The standard InChI is InChI=1S/C10H15ClO/c1-9(2)5-4-6-10(9,3)8(12)7-11/h4-5H,6-7H2,1-3H3. The van der Waals surface area contributed by atoms with Crippen LogP contribution in [0, 0.1) is 10.8 Å². The van der Waals surface area contributed by atoms with Crippen LogP contribution in [0.3, 0.4) is 0 Å². The first-order chi connectivity index (χ1) is 5.44. The Morgan fingerprint density at radius 3 is 2.42 bits per heavy atom. The molecule has 1 aliphatic rings. The van der Waals surface area contributed by atoms with Crippen LogP contribution < -0.4 is 0 Å². The fraction of sp³-hybridized carbons (Fsp3) is 0.700. The fourth-order valence-corrected chi connectivity index (χ4v) is 1.95. The minimum absolute atomic E-state index is 0.0427. The maximum Gasteiger partial charge on any atom is 0.154 e. The minimum atomic E-state index is -0.283. The maximum atomic E-state index is 11.6. The Hall–Kier alpha value is -0.300. The topological polar surface area (TPSA) is 17.1 Å². The molecule has 0 aromatic carbocycles. The molecule has 1 rings (SSSR count). The van der Waals surface area contributed by atoms with Crippen molar-refractivity contribution in [3.05, 3.63) is 12.2 Å². The van der Waals surface area contributed by atoms with Crippen molar-refractivity contribution in [3.63, 3.8) is 0 Å². The highest BCUT2D eigenvalue weighted by Crippen LogP contribution is 2.48. The van der Waals surface area contributed by atoms with Crippen LogP contribution in [0.5, 0.6) is 0 Å². The van der Waals surface area contributed by atoms with E-state index in [0.717, 1.165) is 6.42 Å². The van der Waals surface area contributed by atoms with Gasteiger partial charge >= 0.3 is 0 Å². The van der Waals surface area contributed by atoms with E-state index >= 15 is 0 Å². The second-order valence-corrected chi connectivity index (χ2v) is 4.48. The first-order valence-corrected chi connectivity index (χ1v) is 4.74. The molecular formula is C10H15ClO. The summed E-state index contributed by atoms with van der Waals surface area (Å²) in [4.78, 5) is 11.6. The van der Waals surface area contributed by atoms with Crippen LogP contribution in [0.25, 0.3) is 0 Å². The van der Waals surface area contributed by atoms with E-state index in [9.17, 15) is 4.79 Å². The molecule has 0 spiro atoms. The third kappa shape index (κ3) is 1.20. The van der Waals surface area contributed by atoms with E-state index in [0.29, 0.717) is 0 Å². The highest BCUT2D eigenvalue weighted by atomic mass is 35.5. The lowest BCUT2D eigenvalue weighted by Crippen LogP contribution is -2.38. The summed E-state index contributed by atoms with van der Waals surface area (Å²) in [7, 11) is 0. The van der Waals surface area contributed by atoms with Crippen LogP contribution in [-0.2, 0) is 4.79 Å². The maximum absolute atomic E-state index is 11.6. The van der Waals surface area contributed by atoms with Gasteiger partial charge in [0.2, 0.25) is 0 Å². The molecule has 0 aliphatic heterocycles. The Morgan fingerprint density at radius 1 is 1.50 bits per heavy atom. The number of rotatable bonds is 2. The van der Waals surface area contributed by atoms with Crippen molar-refractivity contribution in [1.29, 1.82) is 0 Å². The summed E-state index contributed by atoms with van der Waals surface area (Å²) >= 11 is 5.57. The van der Waals surface area contributed by atoms with Gasteiger partial charge in [-0.15, -0.1) is 11.6 Å². The molecule has 0 fully saturated rings. The van der Waals surface area contributed by atoms with Gasteiger partial charge < -0.3 is 0 Å². The molecule has 0 N–H and O–H groups in total. The van der Waals surface area contributed by atoms with Crippen molar-refractivity contribution in [2.45, 2.75) is 27.2 Å². The summed E-state index contributed by atoms with van der Waals surface area (Å²) in [6, 6.07) is 0. The van der Waals surface area contributed by atoms with Crippen molar-refractivity contribution in [2.24, 2.45) is 10.8 Å². The number of allylic oxidation sites excluding steroid dienone is 2. The zero-order chi connectivity index (χ0) is 9.41. The van der Waals surface area contributed by atoms with Crippen LogP contribution in [0.4, 0.5) is 0 Å². The first kappa shape index (κ1) is 9.79. The number of Topliss-reactive ketones (excluding diaryl/α,β-unsaturated/α-hetero) is 1. The predicted octanol–water partition coefficient (Wildman–Crippen LogP) is 2.79. The quantitative estimate of drug-likeness (QED) is 0.479. The average Bonchev–Trinajstić information content (AvgIpc) is 2.26. The van der Waals surface area contributed by atoms with E-state index in [4.69, 9.17) is 11.6 Å². The Balaban J connectivity index is 2.94. The van der Waals surface area contributed by atoms with Gasteiger partial charge in [0.05, 0.1) is 5.88 Å². The molecule has 0 aromatic heterocycles. The number of hydrogen-bond acceptors (Lipinski definition) is 1. The van der Waals surface area contributed by atoms with Crippen LogP contribution >= 0.6 is 11.6 Å². The number of alkyl halides is 1. The molecule has 1 atom stereocenters. The van der Waals surface area contributed by atoms with Crippen molar-refractivity contribution in [1.82, 2.24) is 0 Å². The van der Waals surface area contributed by atoms with Gasteiger partial charge in [0, 0.05) is 5.41 Å². The molecule has 1 nitrogen and oxygen atoms in total. The summed E-state index contributed by atoms with van der Waals surface area (Å²) in [5.74, 6) is 0.279. The van der Waals surface area contributed by atoms with Crippen molar-refractivity contribution < 1.29 is 4.79 Å². The van der Waals surface area contributed by atoms with Gasteiger partial charge in [-0.2, -0.15) is 0 Å². The largest absolute Gasteiger partial charge is 0.298 e. The van der Waals surface area contributed by atoms with E-state index in [-0.39, 0.29) is 22.5 Å². The molecule has 68 valence electrons. The van der Waals surface area contributed by atoms with E-state index < -0.39 is 0 Å². The molecule has 1 aliphatic carbocycles. The monoisotopic (exact) mass is 186 g/mol. The van der Waals surface area contributed by atoms with Crippen molar-refractivity contribution in [3.8, 4) is 0 Å². The summed E-state index contributed by atoms with van der Waals surface area (Å²) in [6.45, 7) is 6.17. The first-order valence-electron chi connectivity index (χ1n) is 4.21. The van der Waals surface area contributed by atoms with Gasteiger partial charge in [0.1, 0.15) is 0 Å². The molecule has 12 heavy (non-hydrogen) atoms. The van der Waals surface area contributed by atoms with Crippen LogP contribution in [0.2, 0.25) is 0 Å². The van der Waals surface area contributed by atoms with Gasteiger partial charge in [0.25, 0.3) is 0 Å². The number of carbonyl (C=O) groups is 1. The third-order valence-electron chi connectivity index (χ3n) is 3.22. The van der Waals surface area contributed by atoms with Crippen molar-refractivity contribution in [2.75, 3.05) is 5.88 Å². The zero-order valence-corrected chi connectivity index (χ0v) is 8.61. The van der Waals surface area contributed by atoms with E-state index in [1.165, 1.54) is 0 Å². The molecule has 0 aromatic rings. The molecule has 0 radical (unpaired) electrons. The molecule has 1 unspecified atom stereocenters. The lowest BCUT2D eigenvalue weighted by molar-refractivity contribution is -0.129. The average molecular weight is 187 g/mol. The van der Waals surface area contributed by atoms with Crippen LogP contribution in [0.15, 0.2) is 12.2 Å². The zero-order valence-electron chi connectivity index (χ0n) is 7.86. The summed E-state index contributed by atoms with van der Waals surface area (Å²) in [6.07, 6.45) is 5.01. The van der Waals surface area contributed by atoms with Gasteiger partial charge in [-0.05, 0) is 11.8 Å². The highest BCUT2D eigenvalue weighted by Gasteiger charge is 2.46. The van der Waals surface area contributed by atoms with E-state index in [1.807, 2.05) is 6.92 Å². The number of hydrogen-bond donors (Lipinski definition) is 0. The van der Waals surface area contributed by atoms with Crippen LogP contribution in [0.1, 0.15) is 27.2 Å². The summed E-state index contributed by atoms with van der Waals surface area (Å²) in [5, 5.41) is 0. The highest BCUT2D eigenvalue weighted by molar-refractivity contribution is 6.28. The molecule has 0 saturated carbocycles. The molecular weight excluding hydrogens is 172 g/mol. The lowest BCUT2D eigenvalue weighted by Gasteiger charge is -2.36. The second kappa shape index (κ2) is 2.88. The summed E-state index contributed by atoms with van der Waals surface area (Å²) in [5.41, 5.74) is -0.326. The second-order valence-electron chi connectivity index (χ2n) is 4.22. The third-order valence-corrected chi connectivity index (χ3v) is 3.46. The normalized spacial score (nSPS) is 32.3. The number of ketones is 1. The number of halogens is 1. The smallest absolute Gasteiger partial charge is 0.154 e. The summed E-state index contributed by atoms with van der Waals surface area (Å²) < 4.78 is 0. The molecule has 0 saturated heterocycles. The molecule has 0 amide bonds. The predicted molar refractivity (Wildman–Crippen MR) is 51.4 cm³/mol. The van der Waals surface area contributed by atoms with E-state index in [2.05, 4.69) is 26.0 Å². The van der Waals surface area contributed by atoms with Gasteiger partial charge in [-0.1, -0.05) is 32.9 Å². The van der Waals surface area contributed by atoms with Gasteiger partial charge in [-0.3, -0.25) is 4.79 Å². The minimum Gasteiger partial charge on any atom is -0.298 e. The molecule has 0 bridgehead atoms. The fourth-order valence-electron chi connectivity index (χ4n) is 1.66. The SMILES string of the molecule is CC1(C)C=CCC1(C)C(=O)CCl. The number of carbonyl (C=O) groups excluding carboxylic acids is 1. The van der Waals surface area contributed by atoms with Crippen molar-refractivity contribution >= 4 is 17.4 Å². The molecule has 2 heteroatoms. The lowest BCUT2D eigenvalue weighted by atomic mass is 9.67.